The fourth-order valence-electron chi connectivity index (χ4n) is 5.86. The maximum atomic E-state index is 12.5. The molecular weight excluding hydrogens is 402 g/mol. The smallest absolute Gasteiger partial charge is 0.308 e. The van der Waals surface area contributed by atoms with Crippen molar-refractivity contribution in [1.82, 2.24) is 5.32 Å². The number of hydrogen-bond acceptors (Lipinski definition) is 7. The lowest BCUT2D eigenvalue weighted by atomic mass is 9.58. The van der Waals surface area contributed by atoms with Crippen LogP contribution in [0.4, 0.5) is 0 Å². The van der Waals surface area contributed by atoms with Gasteiger partial charge in [-0.15, -0.1) is 0 Å². The predicted molar refractivity (Wildman–Crippen MR) is 110 cm³/mol. The third-order valence-electron chi connectivity index (χ3n) is 7.92. The number of amides is 1. The first-order chi connectivity index (χ1) is 14.7. The van der Waals surface area contributed by atoms with Crippen LogP contribution in [0, 0.1) is 23.7 Å². The van der Waals surface area contributed by atoms with E-state index in [4.69, 9.17) is 24.0 Å². The van der Waals surface area contributed by atoms with Crippen LogP contribution in [0.25, 0.3) is 0 Å². The Hall–Kier alpha value is -1.22. The minimum Gasteiger partial charge on any atom is -0.435 e. The molecule has 1 saturated carbocycles. The molecule has 1 aliphatic carbocycles. The van der Waals surface area contributed by atoms with Gasteiger partial charge in [0, 0.05) is 30.7 Å². The summed E-state index contributed by atoms with van der Waals surface area (Å²) in [6, 6.07) is 0.0921. The third kappa shape index (κ3) is 4.12. The molecule has 5 rings (SSSR count). The first-order valence-electron chi connectivity index (χ1n) is 11.9. The highest BCUT2D eigenvalue weighted by molar-refractivity contribution is 5.81. The third-order valence-corrected chi connectivity index (χ3v) is 7.92. The zero-order chi connectivity index (χ0) is 22.4. The van der Waals surface area contributed by atoms with Crippen LogP contribution in [0.5, 0.6) is 0 Å². The molecule has 1 N–H and O–H groups in total. The first kappa shape index (κ1) is 23.0. The van der Waals surface area contributed by atoms with Crippen molar-refractivity contribution < 1.29 is 33.6 Å². The quantitative estimate of drug-likeness (QED) is 0.501. The van der Waals surface area contributed by atoms with Gasteiger partial charge >= 0.3 is 5.97 Å². The highest BCUT2D eigenvalue weighted by Gasteiger charge is 2.69. The van der Waals surface area contributed by atoms with Crippen molar-refractivity contribution in [3.8, 4) is 0 Å². The minimum atomic E-state index is -0.860. The van der Waals surface area contributed by atoms with Gasteiger partial charge in [0.2, 0.25) is 18.0 Å². The van der Waals surface area contributed by atoms with E-state index in [-0.39, 0.29) is 42.5 Å². The van der Waals surface area contributed by atoms with Gasteiger partial charge in [-0.25, -0.2) is 9.78 Å². The fraction of sp³-hybridized carbons (Fsp3) is 0.913. The van der Waals surface area contributed by atoms with Gasteiger partial charge in [0.05, 0.1) is 6.42 Å². The van der Waals surface area contributed by atoms with E-state index in [1.807, 2.05) is 27.7 Å². The van der Waals surface area contributed by atoms with Crippen molar-refractivity contribution in [2.24, 2.45) is 23.7 Å². The summed E-state index contributed by atoms with van der Waals surface area (Å²) >= 11 is 0. The lowest BCUT2D eigenvalue weighted by Crippen LogP contribution is -2.70. The van der Waals surface area contributed by atoms with Crippen LogP contribution >= 0.6 is 0 Å². The van der Waals surface area contributed by atoms with E-state index in [9.17, 15) is 9.59 Å². The standard InChI is InChI=1S/C23H37NO7/c1-6-14(3)24-18(25)9-10-19(26)27-20-15(4)17-8-7-13(2)16-11-12-22(5)29-21(28-20)23(16,17)31-30-22/h13-17,20-21H,6-12H2,1-5H3,(H,24,25)/t13-,14+,15-,16+,17+,20+,21+,22-,23+/m1/s1. The molecule has 1 spiro atoms. The molecule has 5 aliphatic rings. The van der Waals surface area contributed by atoms with E-state index in [0.717, 1.165) is 32.1 Å². The summed E-state index contributed by atoms with van der Waals surface area (Å²) in [5.41, 5.74) is -0.674. The molecule has 0 unspecified atom stereocenters. The monoisotopic (exact) mass is 439 g/mol. The Morgan fingerprint density at radius 1 is 1.13 bits per heavy atom. The lowest BCUT2D eigenvalue weighted by molar-refractivity contribution is -0.576. The van der Waals surface area contributed by atoms with Crippen molar-refractivity contribution >= 4 is 11.9 Å². The van der Waals surface area contributed by atoms with Gasteiger partial charge in [-0.2, -0.15) is 0 Å². The van der Waals surface area contributed by atoms with Crippen LogP contribution in [0.1, 0.15) is 79.6 Å². The Bertz CT molecular complexity index is 701. The average molecular weight is 440 g/mol. The summed E-state index contributed by atoms with van der Waals surface area (Å²) in [6.45, 7) is 10.1. The summed E-state index contributed by atoms with van der Waals surface area (Å²) in [5.74, 6) is -0.666. The van der Waals surface area contributed by atoms with Crippen LogP contribution in [0.3, 0.4) is 0 Å². The molecule has 4 heterocycles. The Labute approximate surface area is 184 Å². The lowest BCUT2D eigenvalue weighted by Gasteiger charge is -2.59. The van der Waals surface area contributed by atoms with Crippen molar-refractivity contribution in [1.29, 1.82) is 0 Å². The maximum absolute atomic E-state index is 12.5. The number of carbonyl (C=O) groups is 2. The van der Waals surface area contributed by atoms with E-state index in [0.29, 0.717) is 5.92 Å². The van der Waals surface area contributed by atoms with E-state index in [2.05, 4.69) is 12.2 Å². The van der Waals surface area contributed by atoms with Crippen LogP contribution < -0.4 is 5.32 Å². The van der Waals surface area contributed by atoms with Gasteiger partial charge in [0.1, 0.15) is 0 Å². The number of rotatable bonds is 6. The maximum Gasteiger partial charge on any atom is 0.308 e. The fourth-order valence-corrected chi connectivity index (χ4v) is 5.86. The van der Waals surface area contributed by atoms with E-state index >= 15 is 0 Å². The van der Waals surface area contributed by atoms with E-state index in [1.165, 1.54) is 0 Å². The van der Waals surface area contributed by atoms with Gasteiger partial charge < -0.3 is 19.5 Å². The molecule has 31 heavy (non-hydrogen) atoms. The van der Waals surface area contributed by atoms with Crippen molar-refractivity contribution in [3.63, 3.8) is 0 Å². The molecule has 0 aromatic rings. The molecule has 8 heteroatoms. The molecule has 0 radical (unpaired) electrons. The number of carbonyl (C=O) groups excluding carboxylic acids is 2. The van der Waals surface area contributed by atoms with Gasteiger partial charge in [-0.3, -0.25) is 9.59 Å². The topological polar surface area (TPSA) is 92.3 Å². The van der Waals surface area contributed by atoms with E-state index in [1.54, 1.807) is 0 Å². The highest BCUT2D eigenvalue weighted by atomic mass is 17.3. The predicted octanol–water partition coefficient (Wildman–Crippen LogP) is 3.43. The summed E-state index contributed by atoms with van der Waals surface area (Å²) < 4.78 is 18.2. The molecule has 5 fully saturated rings. The molecule has 0 aromatic carbocycles. The number of hydrogen-bond donors (Lipinski definition) is 1. The van der Waals surface area contributed by atoms with Gasteiger partial charge in [-0.1, -0.05) is 20.8 Å². The van der Waals surface area contributed by atoms with Gasteiger partial charge in [-0.05, 0) is 51.4 Å². The number of fused-ring (bicyclic) bond motifs is 2. The summed E-state index contributed by atoms with van der Waals surface area (Å²) in [5, 5.41) is 2.87. The SMILES string of the molecule is CC[C@H](C)NC(=O)CCC(=O)O[C@H]1O[C@H]2O[C@@]3(C)CC[C@H]4[C@H](C)CC[C@@H]([C@H]1C)[C@]24OO3. The molecule has 8 nitrogen and oxygen atoms in total. The zero-order valence-electron chi connectivity index (χ0n) is 19.3. The molecule has 1 amide bonds. The molecule has 4 saturated heterocycles. The number of nitrogens with one attached hydrogen (secondary N) is 1. The number of esters is 1. The molecule has 176 valence electrons. The Balaban J connectivity index is 1.44. The summed E-state index contributed by atoms with van der Waals surface area (Å²) in [4.78, 5) is 36.4. The van der Waals surface area contributed by atoms with Crippen molar-refractivity contribution in [3.05, 3.63) is 0 Å². The largest absolute Gasteiger partial charge is 0.435 e. The van der Waals surface area contributed by atoms with Crippen LogP contribution in [-0.4, -0.2) is 41.9 Å². The van der Waals surface area contributed by atoms with Crippen molar-refractivity contribution in [2.45, 2.75) is 110 Å². The van der Waals surface area contributed by atoms with Gasteiger partial charge in [0.25, 0.3) is 0 Å². The second-order valence-electron chi connectivity index (χ2n) is 10.1. The summed E-state index contributed by atoms with van der Waals surface area (Å²) in [7, 11) is 0. The van der Waals surface area contributed by atoms with Crippen molar-refractivity contribution in [2.75, 3.05) is 0 Å². The molecule has 4 aliphatic heterocycles. The minimum absolute atomic E-state index is 0.0210. The van der Waals surface area contributed by atoms with Crippen LogP contribution in [0.15, 0.2) is 0 Å². The molecular formula is C23H37NO7. The second-order valence-corrected chi connectivity index (χ2v) is 10.1. The number of ether oxygens (including phenoxy) is 3. The van der Waals surface area contributed by atoms with E-state index < -0.39 is 29.9 Å². The average Bonchev–Trinajstić information content (AvgIpc) is 2.96. The Morgan fingerprint density at radius 2 is 1.90 bits per heavy atom. The van der Waals surface area contributed by atoms with Crippen LogP contribution in [0.2, 0.25) is 0 Å². The first-order valence-corrected chi connectivity index (χ1v) is 11.9. The molecule has 9 atom stereocenters. The van der Waals surface area contributed by atoms with Gasteiger partial charge in [0.15, 0.2) is 11.9 Å². The Morgan fingerprint density at radius 3 is 2.65 bits per heavy atom. The Kier molecular flexibility index (Phi) is 6.38. The highest BCUT2D eigenvalue weighted by Crippen LogP contribution is 2.60. The molecule has 2 bridgehead atoms. The van der Waals surface area contributed by atoms with Crippen LogP contribution in [-0.2, 0) is 33.6 Å². The normalized spacial score (nSPS) is 44.7. The molecule has 0 aromatic heterocycles. The summed E-state index contributed by atoms with van der Waals surface area (Å²) in [6.07, 6.45) is 3.31. The second kappa shape index (κ2) is 8.61. The zero-order valence-corrected chi connectivity index (χ0v) is 19.3.